The maximum atomic E-state index is 13.4. The summed E-state index contributed by atoms with van der Waals surface area (Å²) in [6.45, 7) is 2.60. The predicted molar refractivity (Wildman–Crippen MR) is 45.3 cm³/mol. The lowest BCUT2D eigenvalue weighted by Crippen LogP contribution is -2.16. The first-order chi connectivity index (χ1) is 5.93. The topological polar surface area (TPSA) is 50.2 Å². The molecule has 0 amide bonds. The minimum absolute atomic E-state index is 0.0995. The number of alkyl halides is 1. The van der Waals surface area contributed by atoms with Crippen molar-refractivity contribution in [3.05, 3.63) is 29.6 Å². The van der Waals surface area contributed by atoms with E-state index in [1.807, 2.05) is 0 Å². The van der Waals surface area contributed by atoms with Gasteiger partial charge in [-0.25, -0.2) is 14.2 Å². The first-order valence-corrected chi connectivity index (χ1v) is 3.80. The summed E-state index contributed by atoms with van der Waals surface area (Å²) in [5, 5.41) is 8.70. The molecular formula is C9H10FNO2. The molecule has 0 aliphatic carbocycles. The number of carboxylic acid groups (broad SMARTS) is 1. The number of aromatic nitrogens is 1. The molecule has 13 heavy (non-hydrogen) atoms. The molecular weight excluding hydrogens is 173 g/mol. The lowest BCUT2D eigenvalue weighted by Gasteiger charge is -2.15. The van der Waals surface area contributed by atoms with Crippen LogP contribution in [0.25, 0.3) is 0 Å². The summed E-state index contributed by atoms with van der Waals surface area (Å²) in [5.74, 6) is -1.21. The summed E-state index contributed by atoms with van der Waals surface area (Å²) in [6, 6.07) is 2.94. The monoisotopic (exact) mass is 183 g/mol. The first-order valence-electron chi connectivity index (χ1n) is 3.80. The Balaban J connectivity index is 3.28. The van der Waals surface area contributed by atoms with E-state index in [1.165, 1.54) is 32.2 Å². The van der Waals surface area contributed by atoms with E-state index in [0.29, 0.717) is 0 Å². The molecule has 0 aliphatic heterocycles. The molecule has 0 aromatic carbocycles. The van der Waals surface area contributed by atoms with Crippen LogP contribution in [0.2, 0.25) is 0 Å². The van der Waals surface area contributed by atoms with Gasteiger partial charge >= 0.3 is 5.97 Å². The van der Waals surface area contributed by atoms with Crippen LogP contribution in [0.3, 0.4) is 0 Å². The van der Waals surface area contributed by atoms with Crippen molar-refractivity contribution in [3.63, 3.8) is 0 Å². The van der Waals surface area contributed by atoms with Crippen LogP contribution in [0.15, 0.2) is 18.3 Å². The van der Waals surface area contributed by atoms with Crippen molar-refractivity contribution in [2.75, 3.05) is 0 Å². The molecule has 0 bridgehead atoms. The molecule has 1 aromatic heterocycles. The van der Waals surface area contributed by atoms with Gasteiger partial charge in [0.1, 0.15) is 5.67 Å². The van der Waals surface area contributed by atoms with Crippen molar-refractivity contribution >= 4 is 5.97 Å². The third-order valence-corrected chi connectivity index (χ3v) is 1.65. The zero-order valence-corrected chi connectivity index (χ0v) is 7.41. The average molecular weight is 183 g/mol. The largest absolute Gasteiger partial charge is 0.477 e. The lowest BCUT2D eigenvalue weighted by molar-refractivity contribution is 0.0682. The van der Waals surface area contributed by atoms with E-state index in [9.17, 15) is 9.18 Å². The second-order valence-corrected chi connectivity index (χ2v) is 3.18. The number of aromatic carboxylic acids is 1. The van der Waals surface area contributed by atoms with Crippen molar-refractivity contribution in [3.8, 4) is 0 Å². The van der Waals surface area contributed by atoms with Gasteiger partial charge in [-0.2, -0.15) is 0 Å². The van der Waals surface area contributed by atoms with E-state index in [1.54, 1.807) is 0 Å². The number of hydrogen-bond donors (Lipinski definition) is 1. The SMILES string of the molecule is CC(C)(F)c1cccnc1C(=O)O. The maximum Gasteiger partial charge on any atom is 0.354 e. The summed E-state index contributed by atoms with van der Waals surface area (Å²) in [6.07, 6.45) is 1.33. The average Bonchev–Trinajstić information content (AvgIpc) is 2.03. The molecule has 0 atom stereocenters. The third kappa shape index (κ3) is 2.02. The summed E-state index contributed by atoms with van der Waals surface area (Å²) in [7, 11) is 0. The molecule has 0 aliphatic rings. The Morgan fingerprint density at radius 1 is 1.62 bits per heavy atom. The molecule has 1 heterocycles. The Morgan fingerprint density at radius 2 is 2.23 bits per heavy atom. The summed E-state index contributed by atoms with van der Waals surface area (Å²) >= 11 is 0. The third-order valence-electron chi connectivity index (χ3n) is 1.65. The van der Waals surface area contributed by atoms with Crippen LogP contribution in [0.1, 0.15) is 29.9 Å². The Hall–Kier alpha value is -1.45. The quantitative estimate of drug-likeness (QED) is 0.762. The molecule has 1 aromatic rings. The van der Waals surface area contributed by atoms with E-state index in [-0.39, 0.29) is 11.3 Å². The molecule has 0 spiro atoms. The highest BCUT2D eigenvalue weighted by molar-refractivity contribution is 5.87. The fourth-order valence-corrected chi connectivity index (χ4v) is 1.06. The molecule has 0 fully saturated rings. The highest BCUT2D eigenvalue weighted by Gasteiger charge is 2.25. The zero-order valence-electron chi connectivity index (χ0n) is 7.41. The Bertz CT molecular complexity index is 331. The van der Waals surface area contributed by atoms with E-state index < -0.39 is 11.6 Å². The number of rotatable bonds is 2. The minimum Gasteiger partial charge on any atom is -0.477 e. The molecule has 0 saturated carbocycles. The van der Waals surface area contributed by atoms with Crippen LogP contribution in [0.4, 0.5) is 4.39 Å². The number of nitrogens with zero attached hydrogens (tertiary/aromatic N) is 1. The van der Waals surface area contributed by atoms with Crippen LogP contribution in [-0.2, 0) is 5.67 Å². The standard InChI is InChI=1S/C9H10FNO2/c1-9(2,10)6-4-3-5-11-7(6)8(12)13/h3-5H,1-2H3,(H,12,13). The van der Waals surface area contributed by atoms with Crippen LogP contribution in [-0.4, -0.2) is 16.1 Å². The highest BCUT2D eigenvalue weighted by Crippen LogP contribution is 2.26. The van der Waals surface area contributed by atoms with Crippen LogP contribution < -0.4 is 0 Å². The van der Waals surface area contributed by atoms with Gasteiger partial charge in [0, 0.05) is 11.8 Å². The van der Waals surface area contributed by atoms with Gasteiger partial charge in [-0.3, -0.25) is 0 Å². The van der Waals surface area contributed by atoms with E-state index in [4.69, 9.17) is 5.11 Å². The molecule has 3 nitrogen and oxygen atoms in total. The van der Waals surface area contributed by atoms with Gasteiger partial charge in [0.25, 0.3) is 0 Å². The van der Waals surface area contributed by atoms with Gasteiger partial charge in [0.2, 0.25) is 0 Å². The summed E-state index contributed by atoms with van der Waals surface area (Å²) < 4.78 is 13.4. The number of halogens is 1. The van der Waals surface area contributed by atoms with Gasteiger partial charge in [-0.1, -0.05) is 6.07 Å². The molecule has 4 heteroatoms. The van der Waals surface area contributed by atoms with Crippen molar-refractivity contribution in [1.82, 2.24) is 4.98 Å². The van der Waals surface area contributed by atoms with Crippen molar-refractivity contribution < 1.29 is 14.3 Å². The van der Waals surface area contributed by atoms with Crippen molar-refractivity contribution in [2.45, 2.75) is 19.5 Å². The van der Waals surface area contributed by atoms with E-state index in [0.717, 1.165) is 0 Å². The highest BCUT2D eigenvalue weighted by atomic mass is 19.1. The van der Waals surface area contributed by atoms with Gasteiger partial charge in [0.15, 0.2) is 5.69 Å². The van der Waals surface area contributed by atoms with Crippen LogP contribution in [0, 0.1) is 0 Å². The van der Waals surface area contributed by atoms with E-state index in [2.05, 4.69) is 4.98 Å². The van der Waals surface area contributed by atoms with Crippen molar-refractivity contribution in [1.29, 1.82) is 0 Å². The molecule has 0 radical (unpaired) electrons. The Kier molecular flexibility index (Phi) is 2.32. The number of pyridine rings is 1. The van der Waals surface area contributed by atoms with Gasteiger partial charge < -0.3 is 5.11 Å². The van der Waals surface area contributed by atoms with Crippen molar-refractivity contribution in [2.24, 2.45) is 0 Å². The minimum atomic E-state index is -1.68. The maximum absolute atomic E-state index is 13.4. The smallest absolute Gasteiger partial charge is 0.354 e. The first kappa shape index (κ1) is 9.64. The van der Waals surface area contributed by atoms with Gasteiger partial charge in [0.05, 0.1) is 0 Å². The zero-order chi connectivity index (χ0) is 10.1. The number of hydrogen-bond acceptors (Lipinski definition) is 2. The Labute approximate surface area is 75.2 Å². The van der Waals surface area contributed by atoms with Crippen LogP contribution in [0.5, 0.6) is 0 Å². The Morgan fingerprint density at radius 3 is 2.62 bits per heavy atom. The van der Waals surface area contributed by atoms with Crippen LogP contribution >= 0.6 is 0 Å². The molecule has 0 unspecified atom stereocenters. The van der Waals surface area contributed by atoms with Gasteiger partial charge in [-0.05, 0) is 19.9 Å². The fraction of sp³-hybridized carbons (Fsp3) is 0.333. The van der Waals surface area contributed by atoms with E-state index >= 15 is 0 Å². The summed E-state index contributed by atoms with van der Waals surface area (Å²) in [4.78, 5) is 14.2. The van der Waals surface area contributed by atoms with Gasteiger partial charge in [-0.15, -0.1) is 0 Å². The molecule has 1 rings (SSSR count). The number of carboxylic acids is 1. The fourth-order valence-electron chi connectivity index (χ4n) is 1.06. The molecule has 1 N–H and O–H groups in total. The predicted octanol–water partition coefficient (Wildman–Crippen LogP) is 1.98. The molecule has 0 saturated heterocycles. The number of carbonyl (C=O) groups is 1. The lowest BCUT2D eigenvalue weighted by atomic mass is 9.98. The second-order valence-electron chi connectivity index (χ2n) is 3.18. The second kappa shape index (κ2) is 3.12. The summed E-state index contributed by atoms with van der Waals surface area (Å²) in [5.41, 5.74) is -1.81. The molecule has 70 valence electrons. The normalized spacial score (nSPS) is 11.3.